The second kappa shape index (κ2) is 7.25. The van der Waals surface area contributed by atoms with Crippen LogP contribution in [0, 0.1) is 0 Å². The zero-order chi connectivity index (χ0) is 17.8. The third kappa shape index (κ3) is 3.91. The molecule has 0 saturated carbocycles. The number of anilines is 1. The number of carbonyl (C=O) groups excluding carboxylic acids is 1. The van der Waals surface area contributed by atoms with Crippen molar-refractivity contribution < 1.29 is 19.8 Å². The Hall–Kier alpha value is -3.02. The third-order valence-corrected chi connectivity index (χ3v) is 4.41. The Bertz CT molecular complexity index is 765. The second-order valence-corrected chi connectivity index (χ2v) is 6.04. The molecule has 1 aliphatic heterocycles. The highest BCUT2D eigenvalue weighted by molar-refractivity contribution is 5.87. The number of para-hydroxylation sites is 2. The van der Waals surface area contributed by atoms with Gasteiger partial charge in [0.2, 0.25) is 5.91 Å². The first-order valence-corrected chi connectivity index (χ1v) is 8.17. The van der Waals surface area contributed by atoms with Crippen LogP contribution in [0.4, 0.5) is 5.69 Å². The first kappa shape index (κ1) is 16.8. The Kier molecular flexibility index (Phi) is 4.88. The van der Waals surface area contributed by atoms with Crippen molar-refractivity contribution >= 4 is 17.6 Å². The highest BCUT2D eigenvalue weighted by Crippen LogP contribution is 2.27. The smallest absolute Gasteiger partial charge is 0.335 e. The predicted molar refractivity (Wildman–Crippen MR) is 94.0 cm³/mol. The molecule has 3 rings (SSSR count). The Morgan fingerprint density at radius 3 is 2.16 bits per heavy atom. The number of amides is 1. The molecule has 0 radical (unpaired) electrons. The van der Waals surface area contributed by atoms with E-state index in [2.05, 4.69) is 4.90 Å². The van der Waals surface area contributed by atoms with E-state index in [0.29, 0.717) is 26.2 Å². The summed E-state index contributed by atoms with van der Waals surface area (Å²) in [6.45, 7) is 2.53. The third-order valence-electron chi connectivity index (χ3n) is 4.41. The summed E-state index contributed by atoms with van der Waals surface area (Å²) in [5, 5.41) is 18.8. The quantitative estimate of drug-likeness (QED) is 0.889. The standard InChI is InChI=1S/C19H20N2O4/c22-17-4-2-1-3-16(17)20-9-11-21(12-10-20)18(23)13-14-5-7-15(8-6-14)19(24)25/h1-8,22H,9-13H2,(H,24,25). The maximum atomic E-state index is 12.4. The van der Waals surface area contributed by atoms with E-state index in [1.807, 2.05) is 17.0 Å². The molecule has 2 aromatic carbocycles. The fourth-order valence-corrected chi connectivity index (χ4v) is 2.98. The molecule has 1 fully saturated rings. The lowest BCUT2D eigenvalue weighted by Crippen LogP contribution is -2.49. The van der Waals surface area contributed by atoms with Gasteiger partial charge in [-0.05, 0) is 29.8 Å². The van der Waals surface area contributed by atoms with Gasteiger partial charge < -0.3 is 20.0 Å². The lowest BCUT2D eigenvalue weighted by Gasteiger charge is -2.36. The van der Waals surface area contributed by atoms with Gasteiger partial charge in [-0.2, -0.15) is 0 Å². The largest absolute Gasteiger partial charge is 0.506 e. The van der Waals surface area contributed by atoms with Gasteiger partial charge in [-0.15, -0.1) is 0 Å². The van der Waals surface area contributed by atoms with Crippen LogP contribution in [0.2, 0.25) is 0 Å². The maximum Gasteiger partial charge on any atom is 0.335 e. The number of phenols is 1. The first-order valence-electron chi connectivity index (χ1n) is 8.17. The minimum atomic E-state index is -0.974. The number of benzene rings is 2. The summed E-state index contributed by atoms with van der Waals surface area (Å²) in [6, 6.07) is 13.6. The summed E-state index contributed by atoms with van der Waals surface area (Å²) in [7, 11) is 0. The van der Waals surface area contributed by atoms with Crippen molar-refractivity contribution in [3.63, 3.8) is 0 Å². The van der Waals surface area contributed by atoms with Crippen LogP contribution >= 0.6 is 0 Å². The van der Waals surface area contributed by atoms with Crippen molar-refractivity contribution in [1.29, 1.82) is 0 Å². The fraction of sp³-hybridized carbons (Fsp3) is 0.263. The monoisotopic (exact) mass is 340 g/mol. The van der Waals surface area contributed by atoms with Gasteiger partial charge in [0.1, 0.15) is 5.75 Å². The molecule has 6 nitrogen and oxygen atoms in total. The van der Waals surface area contributed by atoms with Crippen LogP contribution in [-0.2, 0) is 11.2 Å². The second-order valence-electron chi connectivity index (χ2n) is 6.04. The minimum Gasteiger partial charge on any atom is -0.506 e. The molecule has 1 amide bonds. The summed E-state index contributed by atoms with van der Waals surface area (Å²) in [5.74, 6) is -0.695. The van der Waals surface area contributed by atoms with Crippen molar-refractivity contribution in [3.8, 4) is 5.75 Å². The highest BCUT2D eigenvalue weighted by Gasteiger charge is 2.22. The number of aromatic hydroxyl groups is 1. The van der Waals surface area contributed by atoms with Gasteiger partial charge in [0, 0.05) is 26.2 Å². The zero-order valence-electron chi connectivity index (χ0n) is 13.8. The van der Waals surface area contributed by atoms with E-state index in [1.165, 1.54) is 12.1 Å². The van der Waals surface area contributed by atoms with Crippen LogP contribution in [0.25, 0.3) is 0 Å². The Morgan fingerprint density at radius 2 is 1.56 bits per heavy atom. The highest BCUT2D eigenvalue weighted by atomic mass is 16.4. The summed E-state index contributed by atoms with van der Waals surface area (Å²) in [6.07, 6.45) is 0.260. The molecule has 0 atom stereocenters. The van der Waals surface area contributed by atoms with Gasteiger partial charge in [-0.25, -0.2) is 4.79 Å². The molecule has 1 aliphatic rings. The molecule has 1 saturated heterocycles. The zero-order valence-corrected chi connectivity index (χ0v) is 13.8. The minimum absolute atomic E-state index is 0.0278. The molecule has 0 bridgehead atoms. The van der Waals surface area contributed by atoms with E-state index in [0.717, 1.165) is 11.3 Å². The molecule has 0 spiro atoms. The average molecular weight is 340 g/mol. The number of carboxylic acids is 1. The molecular weight excluding hydrogens is 320 g/mol. The van der Waals surface area contributed by atoms with Crippen molar-refractivity contribution in [1.82, 2.24) is 4.90 Å². The van der Waals surface area contributed by atoms with Crippen LogP contribution in [0.5, 0.6) is 5.75 Å². The van der Waals surface area contributed by atoms with Crippen molar-refractivity contribution in [2.75, 3.05) is 31.1 Å². The average Bonchev–Trinajstić information content (AvgIpc) is 2.63. The van der Waals surface area contributed by atoms with E-state index < -0.39 is 5.97 Å². The van der Waals surface area contributed by atoms with Crippen molar-refractivity contribution in [2.45, 2.75) is 6.42 Å². The molecule has 2 aromatic rings. The van der Waals surface area contributed by atoms with Crippen LogP contribution in [-0.4, -0.2) is 53.2 Å². The molecule has 1 heterocycles. The lowest BCUT2D eigenvalue weighted by atomic mass is 10.1. The normalized spacial score (nSPS) is 14.4. The summed E-state index contributed by atoms with van der Waals surface area (Å²) in [4.78, 5) is 27.2. The maximum absolute atomic E-state index is 12.4. The van der Waals surface area contributed by atoms with E-state index in [4.69, 9.17) is 5.11 Å². The van der Waals surface area contributed by atoms with E-state index in [-0.39, 0.29) is 23.6 Å². The number of nitrogens with zero attached hydrogens (tertiary/aromatic N) is 2. The summed E-state index contributed by atoms with van der Waals surface area (Å²) < 4.78 is 0. The number of hydrogen-bond acceptors (Lipinski definition) is 4. The van der Waals surface area contributed by atoms with E-state index in [1.54, 1.807) is 24.3 Å². The number of aromatic carboxylic acids is 1. The Balaban J connectivity index is 1.56. The number of hydrogen-bond donors (Lipinski definition) is 2. The number of carbonyl (C=O) groups is 2. The van der Waals surface area contributed by atoms with Crippen molar-refractivity contribution in [3.05, 3.63) is 59.7 Å². The Morgan fingerprint density at radius 1 is 0.920 bits per heavy atom. The molecule has 0 aliphatic carbocycles. The predicted octanol–water partition coefficient (Wildman–Crippen LogP) is 1.98. The summed E-state index contributed by atoms with van der Waals surface area (Å²) >= 11 is 0. The number of piperazine rings is 1. The lowest BCUT2D eigenvalue weighted by molar-refractivity contribution is -0.130. The molecule has 2 N–H and O–H groups in total. The van der Waals surface area contributed by atoms with E-state index in [9.17, 15) is 14.7 Å². The van der Waals surface area contributed by atoms with Crippen LogP contribution < -0.4 is 4.90 Å². The molecular formula is C19H20N2O4. The van der Waals surface area contributed by atoms with Gasteiger partial charge in [0.05, 0.1) is 17.7 Å². The van der Waals surface area contributed by atoms with Gasteiger partial charge in [0.25, 0.3) is 0 Å². The van der Waals surface area contributed by atoms with Gasteiger partial charge in [0.15, 0.2) is 0 Å². The fourth-order valence-electron chi connectivity index (χ4n) is 2.98. The summed E-state index contributed by atoms with van der Waals surface area (Å²) in [5.41, 5.74) is 1.81. The SMILES string of the molecule is O=C(O)c1ccc(CC(=O)N2CCN(c3ccccc3O)CC2)cc1. The molecule has 0 unspecified atom stereocenters. The molecule has 6 heteroatoms. The Labute approximate surface area is 145 Å². The molecule has 130 valence electrons. The number of rotatable bonds is 4. The number of phenolic OH excluding ortho intramolecular Hbond substituents is 1. The topological polar surface area (TPSA) is 81.1 Å². The van der Waals surface area contributed by atoms with Crippen LogP contribution in [0.3, 0.4) is 0 Å². The molecule has 25 heavy (non-hydrogen) atoms. The van der Waals surface area contributed by atoms with Gasteiger partial charge in [-0.3, -0.25) is 4.79 Å². The van der Waals surface area contributed by atoms with Gasteiger partial charge in [-0.1, -0.05) is 24.3 Å². The number of carboxylic acid groups (broad SMARTS) is 1. The van der Waals surface area contributed by atoms with Crippen LogP contribution in [0.1, 0.15) is 15.9 Å². The van der Waals surface area contributed by atoms with Crippen LogP contribution in [0.15, 0.2) is 48.5 Å². The molecule has 0 aromatic heterocycles. The van der Waals surface area contributed by atoms with Crippen molar-refractivity contribution in [2.24, 2.45) is 0 Å². The van der Waals surface area contributed by atoms with Gasteiger partial charge >= 0.3 is 5.97 Å². The first-order chi connectivity index (χ1) is 12.0. The van der Waals surface area contributed by atoms with E-state index >= 15 is 0 Å².